The summed E-state index contributed by atoms with van der Waals surface area (Å²) in [5.41, 5.74) is 0.175. The Hall–Kier alpha value is -1.69. The van der Waals surface area contributed by atoms with E-state index in [1.54, 1.807) is 0 Å². The van der Waals surface area contributed by atoms with Crippen molar-refractivity contribution in [2.24, 2.45) is 0 Å². The van der Waals surface area contributed by atoms with E-state index in [1.807, 2.05) is 20.8 Å². The SMILES string of the molecule is CC(C)(C)NCCNc1cc(F)cc([N+](=O)[O-])c1. The van der Waals surface area contributed by atoms with Crippen molar-refractivity contribution in [1.82, 2.24) is 5.32 Å². The summed E-state index contributed by atoms with van der Waals surface area (Å²) in [6.45, 7) is 7.38. The maximum absolute atomic E-state index is 13.1. The Bertz CT molecular complexity index is 430. The molecule has 1 aromatic carbocycles. The van der Waals surface area contributed by atoms with Gasteiger partial charge in [-0.25, -0.2) is 4.39 Å². The molecule has 0 bridgehead atoms. The van der Waals surface area contributed by atoms with Crippen LogP contribution in [0.2, 0.25) is 0 Å². The van der Waals surface area contributed by atoms with E-state index in [-0.39, 0.29) is 11.2 Å². The van der Waals surface area contributed by atoms with Gasteiger partial charge in [-0.05, 0) is 26.8 Å². The highest BCUT2D eigenvalue weighted by atomic mass is 19.1. The number of nitro groups is 1. The van der Waals surface area contributed by atoms with Gasteiger partial charge in [-0.1, -0.05) is 0 Å². The molecule has 100 valence electrons. The summed E-state index contributed by atoms with van der Waals surface area (Å²) in [4.78, 5) is 9.96. The molecule has 0 saturated heterocycles. The van der Waals surface area contributed by atoms with Crippen molar-refractivity contribution >= 4 is 11.4 Å². The molecule has 0 saturated carbocycles. The summed E-state index contributed by atoms with van der Waals surface area (Å²) in [6, 6.07) is 3.46. The zero-order valence-electron chi connectivity index (χ0n) is 10.8. The predicted molar refractivity (Wildman–Crippen MR) is 69.3 cm³/mol. The van der Waals surface area contributed by atoms with Crippen LogP contribution in [0.15, 0.2) is 18.2 Å². The van der Waals surface area contributed by atoms with Crippen LogP contribution in [0.5, 0.6) is 0 Å². The van der Waals surface area contributed by atoms with Crippen LogP contribution in [-0.4, -0.2) is 23.6 Å². The molecule has 0 aliphatic heterocycles. The van der Waals surface area contributed by atoms with Gasteiger partial charge in [0.2, 0.25) is 0 Å². The van der Waals surface area contributed by atoms with E-state index in [1.165, 1.54) is 12.1 Å². The summed E-state index contributed by atoms with van der Waals surface area (Å²) >= 11 is 0. The molecule has 5 nitrogen and oxygen atoms in total. The largest absolute Gasteiger partial charge is 0.383 e. The molecule has 1 rings (SSSR count). The Balaban J connectivity index is 2.55. The van der Waals surface area contributed by atoms with E-state index >= 15 is 0 Å². The fourth-order valence-corrected chi connectivity index (χ4v) is 1.43. The predicted octanol–water partition coefficient (Wildman–Crippen LogP) is 2.53. The molecule has 0 aliphatic carbocycles. The third kappa shape index (κ3) is 5.09. The molecule has 0 aromatic heterocycles. The summed E-state index contributed by atoms with van der Waals surface area (Å²) in [5, 5.41) is 16.8. The van der Waals surface area contributed by atoms with E-state index in [9.17, 15) is 14.5 Å². The highest BCUT2D eigenvalue weighted by molar-refractivity contribution is 5.51. The number of rotatable bonds is 5. The fourth-order valence-electron chi connectivity index (χ4n) is 1.43. The first-order chi connectivity index (χ1) is 8.28. The first-order valence-corrected chi connectivity index (χ1v) is 5.72. The number of nitro benzene ring substituents is 1. The van der Waals surface area contributed by atoms with Crippen LogP contribution >= 0.6 is 0 Å². The van der Waals surface area contributed by atoms with Crippen molar-refractivity contribution < 1.29 is 9.31 Å². The molecule has 0 atom stereocenters. The van der Waals surface area contributed by atoms with Crippen LogP contribution < -0.4 is 10.6 Å². The van der Waals surface area contributed by atoms with Crippen molar-refractivity contribution in [3.05, 3.63) is 34.1 Å². The molecule has 0 fully saturated rings. The minimum Gasteiger partial charge on any atom is -0.383 e. The number of anilines is 1. The van der Waals surface area contributed by atoms with Gasteiger partial charge in [0, 0.05) is 30.4 Å². The molecule has 0 radical (unpaired) electrons. The molecular formula is C12H18FN3O2. The zero-order chi connectivity index (χ0) is 13.8. The first kappa shape index (κ1) is 14.4. The van der Waals surface area contributed by atoms with E-state index in [2.05, 4.69) is 10.6 Å². The number of hydrogen-bond acceptors (Lipinski definition) is 4. The van der Waals surface area contributed by atoms with Gasteiger partial charge in [0.05, 0.1) is 11.0 Å². The van der Waals surface area contributed by atoms with Crippen molar-refractivity contribution in [2.45, 2.75) is 26.3 Å². The number of hydrogen-bond donors (Lipinski definition) is 2. The van der Waals surface area contributed by atoms with E-state index in [0.717, 1.165) is 6.07 Å². The lowest BCUT2D eigenvalue weighted by molar-refractivity contribution is -0.385. The Kier molecular flexibility index (Phi) is 4.61. The number of halogens is 1. The van der Waals surface area contributed by atoms with Crippen LogP contribution in [0.4, 0.5) is 15.8 Å². The quantitative estimate of drug-likeness (QED) is 0.482. The Labute approximate surface area is 106 Å². The minimum absolute atomic E-state index is 0.00954. The molecule has 0 aliphatic rings. The van der Waals surface area contributed by atoms with Crippen molar-refractivity contribution in [1.29, 1.82) is 0 Å². The number of nitrogens with zero attached hydrogens (tertiary/aromatic N) is 1. The molecule has 6 heteroatoms. The Morgan fingerprint density at radius 2 is 1.94 bits per heavy atom. The second kappa shape index (κ2) is 5.77. The van der Waals surface area contributed by atoms with Crippen LogP contribution in [0, 0.1) is 15.9 Å². The molecule has 0 heterocycles. The van der Waals surface area contributed by atoms with Gasteiger partial charge in [-0.3, -0.25) is 10.1 Å². The molecule has 0 unspecified atom stereocenters. The highest BCUT2D eigenvalue weighted by Gasteiger charge is 2.10. The zero-order valence-corrected chi connectivity index (χ0v) is 10.8. The van der Waals surface area contributed by atoms with Crippen LogP contribution in [0.3, 0.4) is 0 Å². The van der Waals surface area contributed by atoms with Crippen molar-refractivity contribution in [3.63, 3.8) is 0 Å². The van der Waals surface area contributed by atoms with Gasteiger partial charge < -0.3 is 10.6 Å². The average molecular weight is 255 g/mol. The van der Waals surface area contributed by atoms with E-state index in [4.69, 9.17) is 0 Å². The van der Waals surface area contributed by atoms with E-state index < -0.39 is 10.7 Å². The number of nitrogens with one attached hydrogen (secondary N) is 2. The van der Waals surface area contributed by atoms with Crippen LogP contribution in [-0.2, 0) is 0 Å². The highest BCUT2D eigenvalue weighted by Crippen LogP contribution is 2.19. The molecule has 18 heavy (non-hydrogen) atoms. The maximum atomic E-state index is 13.1. The molecule has 0 spiro atoms. The summed E-state index contributed by atoms with van der Waals surface area (Å²) in [7, 11) is 0. The van der Waals surface area contributed by atoms with Gasteiger partial charge in [0.15, 0.2) is 0 Å². The number of non-ortho nitro benzene ring substituents is 1. The summed E-state index contributed by atoms with van der Waals surface area (Å²) < 4.78 is 13.1. The average Bonchev–Trinajstić information content (AvgIpc) is 2.22. The second-order valence-electron chi connectivity index (χ2n) is 5.06. The molecule has 2 N–H and O–H groups in total. The van der Waals surface area contributed by atoms with E-state index in [0.29, 0.717) is 18.8 Å². The lowest BCUT2D eigenvalue weighted by Gasteiger charge is -2.20. The standard InChI is InChI=1S/C12H18FN3O2/c1-12(2,3)15-5-4-14-10-6-9(13)7-11(8-10)16(17)18/h6-8,14-15H,4-5H2,1-3H3. The monoisotopic (exact) mass is 255 g/mol. The van der Waals surface area contributed by atoms with Crippen LogP contribution in [0.1, 0.15) is 20.8 Å². The fraction of sp³-hybridized carbons (Fsp3) is 0.500. The summed E-state index contributed by atoms with van der Waals surface area (Å²) in [5.74, 6) is -0.615. The van der Waals surface area contributed by atoms with Gasteiger partial charge in [-0.15, -0.1) is 0 Å². The van der Waals surface area contributed by atoms with Gasteiger partial charge >= 0.3 is 0 Å². The first-order valence-electron chi connectivity index (χ1n) is 5.72. The third-order valence-corrected chi connectivity index (χ3v) is 2.20. The summed E-state index contributed by atoms with van der Waals surface area (Å²) in [6.07, 6.45) is 0. The van der Waals surface area contributed by atoms with Crippen molar-refractivity contribution in [3.8, 4) is 0 Å². The van der Waals surface area contributed by atoms with Gasteiger partial charge in [0.25, 0.3) is 5.69 Å². The normalized spacial score (nSPS) is 11.3. The van der Waals surface area contributed by atoms with Gasteiger partial charge in [0.1, 0.15) is 5.82 Å². The number of benzene rings is 1. The van der Waals surface area contributed by atoms with Crippen LogP contribution in [0.25, 0.3) is 0 Å². The topological polar surface area (TPSA) is 67.2 Å². The molecule has 0 amide bonds. The lowest BCUT2D eigenvalue weighted by Crippen LogP contribution is -2.38. The smallest absolute Gasteiger partial charge is 0.274 e. The minimum atomic E-state index is -0.615. The Morgan fingerprint density at radius 1 is 1.28 bits per heavy atom. The van der Waals surface area contributed by atoms with Crippen molar-refractivity contribution in [2.75, 3.05) is 18.4 Å². The Morgan fingerprint density at radius 3 is 2.50 bits per heavy atom. The lowest BCUT2D eigenvalue weighted by atomic mass is 10.1. The maximum Gasteiger partial charge on any atom is 0.274 e. The molecule has 1 aromatic rings. The third-order valence-electron chi connectivity index (χ3n) is 2.20. The van der Waals surface area contributed by atoms with Gasteiger partial charge in [-0.2, -0.15) is 0 Å². The second-order valence-corrected chi connectivity index (χ2v) is 5.06. The molecular weight excluding hydrogens is 237 g/mol.